The summed E-state index contributed by atoms with van der Waals surface area (Å²) in [6.07, 6.45) is 0.876. The van der Waals surface area contributed by atoms with Crippen molar-refractivity contribution in [2.45, 2.75) is 33.8 Å². The second kappa shape index (κ2) is 8.07. The van der Waals surface area contributed by atoms with Gasteiger partial charge >= 0.3 is 5.69 Å². The van der Waals surface area contributed by atoms with Crippen LogP contribution in [-0.2, 0) is 20.1 Å². The SMILES string of the molecule is CCOc1cccc(-n2nnn(C)c2=O)c1COc1ccc(C)cc1CC. The molecule has 2 aromatic carbocycles. The van der Waals surface area contributed by atoms with E-state index in [2.05, 4.69) is 30.3 Å². The lowest BCUT2D eigenvalue weighted by molar-refractivity contribution is 0.283. The van der Waals surface area contributed by atoms with Gasteiger partial charge in [0.2, 0.25) is 0 Å². The smallest absolute Gasteiger partial charge is 0.368 e. The number of aromatic nitrogens is 4. The summed E-state index contributed by atoms with van der Waals surface area (Å²) >= 11 is 0. The van der Waals surface area contributed by atoms with Gasteiger partial charge in [0.15, 0.2) is 0 Å². The van der Waals surface area contributed by atoms with Crippen LogP contribution < -0.4 is 15.2 Å². The Morgan fingerprint density at radius 3 is 2.52 bits per heavy atom. The van der Waals surface area contributed by atoms with Gasteiger partial charge in [-0.05, 0) is 54.5 Å². The van der Waals surface area contributed by atoms with Crippen LogP contribution in [0, 0.1) is 6.92 Å². The molecule has 1 heterocycles. The number of hydrogen-bond donors (Lipinski definition) is 0. The number of ether oxygens (including phenoxy) is 2. The fourth-order valence-electron chi connectivity index (χ4n) is 2.93. The standard InChI is InChI=1S/C20H24N4O3/c1-5-15-12-14(3)10-11-18(15)27-13-16-17(8-7-9-19(16)26-6-2)24-20(25)23(4)21-22-24/h7-12H,5-6,13H2,1-4H3. The third kappa shape index (κ3) is 3.86. The van der Waals surface area contributed by atoms with Crippen molar-refractivity contribution >= 4 is 0 Å². The van der Waals surface area contributed by atoms with Gasteiger partial charge in [-0.15, -0.1) is 0 Å². The fraction of sp³-hybridized carbons (Fsp3) is 0.350. The van der Waals surface area contributed by atoms with E-state index in [9.17, 15) is 4.79 Å². The van der Waals surface area contributed by atoms with Gasteiger partial charge in [-0.2, -0.15) is 9.36 Å². The van der Waals surface area contributed by atoms with E-state index in [1.165, 1.54) is 14.9 Å². The number of aryl methyl sites for hydroxylation is 3. The van der Waals surface area contributed by atoms with Crippen molar-refractivity contribution in [3.8, 4) is 17.2 Å². The molecule has 7 heteroatoms. The molecule has 0 aliphatic carbocycles. The summed E-state index contributed by atoms with van der Waals surface area (Å²) in [5, 5.41) is 7.75. The summed E-state index contributed by atoms with van der Waals surface area (Å²) in [6, 6.07) is 11.6. The van der Waals surface area contributed by atoms with E-state index in [1.54, 1.807) is 7.05 Å². The summed E-state index contributed by atoms with van der Waals surface area (Å²) in [5.74, 6) is 1.49. The highest BCUT2D eigenvalue weighted by Gasteiger charge is 2.16. The molecule has 1 aromatic heterocycles. The third-order valence-electron chi connectivity index (χ3n) is 4.33. The largest absolute Gasteiger partial charge is 0.493 e. The molecule has 3 aromatic rings. The van der Waals surface area contributed by atoms with E-state index in [0.717, 1.165) is 23.3 Å². The molecule has 0 atom stereocenters. The fourth-order valence-corrected chi connectivity index (χ4v) is 2.93. The highest BCUT2D eigenvalue weighted by molar-refractivity contribution is 5.49. The Balaban J connectivity index is 2.01. The Morgan fingerprint density at radius 1 is 1.04 bits per heavy atom. The van der Waals surface area contributed by atoms with Gasteiger partial charge in [0.1, 0.15) is 18.1 Å². The molecule has 0 aliphatic heterocycles. The number of nitrogens with zero attached hydrogens (tertiary/aromatic N) is 4. The number of benzene rings is 2. The van der Waals surface area contributed by atoms with Crippen molar-refractivity contribution in [1.82, 2.24) is 19.8 Å². The first-order valence-electron chi connectivity index (χ1n) is 9.01. The number of hydrogen-bond acceptors (Lipinski definition) is 5. The zero-order valence-electron chi connectivity index (χ0n) is 16.1. The quantitative estimate of drug-likeness (QED) is 0.641. The minimum atomic E-state index is -0.325. The van der Waals surface area contributed by atoms with E-state index in [4.69, 9.17) is 9.47 Å². The van der Waals surface area contributed by atoms with Crippen molar-refractivity contribution in [2.24, 2.45) is 7.05 Å². The maximum absolute atomic E-state index is 12.3. The van der Waals surface area contributed by atoms with Crippen molar-refractivity contribution in [3.05, 3.63) is 63.6 Å². The maximum Gasteiger partial charge on any atom is 0.368 e. The molecule has 0 fully saturated rings. The van der Waals surface area contributed by atoms with Gasteiger partial charge in [0.25, 0.3) is 0 Å². The lowest BCUT2D eigenvalue weighted by atomic mass is 10.1. The molecule has 0 N–H and O–H groups in total. The second-order valence-electron chi connectivity index (χ2n) is 6.24. The minimum Gasteiger partial charge on any atom is -0.493 e. The average Bonchev–Trinajstić information content (AvgIpc) is 3.00. The van der Waals surface area contributed by atoms with E-state index < -0.39 is 0 Å². The van der Waals surface area contributed by atoms with Crippen LogP contribution in [0.5, 0.6) is 11.5 Å². The first-order valence-corrected chi connectivity index (χ1v) is 9.01. The first kappa shape index (κ1) is 18.7. The van der Waals surface area contributed by atoms with Crippen LogP contribution in [0.4, 0.5) is 0 Å². The first-order chi connectivity index (χ1) is 13.0. The maximum atomic E-state index is 12.3. The van der Waals surface area contributed by atoms with E-state index in [0.29, 0.717) is 18.0 Å². The lowest BCUT2D eigenvalue weighted by Crippen LogP contribution is -2.23. The molecule has 0 saturated carbocycles. The molecule has 0 amide bonds. The van der Waals surface area contributed by atoms with Crippen LogP contribution in [-0.4, -0.2) is 26.4 Å². The summed E-state index contributed by atoms with van der Waals surface area (Å²) in [6.45, 7) is 6.84. The summed E-state index contributed by atoms with van der Waals surface area (Å²) < 4.78 is 14.3. The molecule has 0 aliphatic rings. The van der Waals surface area contributed by atoms with Crippen molar-refractivity contribution in [2.75, 3.05) is 6.61 Å². The van der Waals surface area contributed by atoms with Crippen molar-refractivity contribution < 1.29 is 9.47 Å². The van der Waals surface area contributed by atoms with Crippen LogP contribution in [0.25, 0.3) is 5.69 Å². The van der Waals surface area contributed by atoms with Gasteiger partial charge < -0.3 is 9.47 Å². The molecule has 7 nitrogen and oxygen atoms in total. The zero-order chi connectivity index (χ0) is 19.4. The summed E-state index contributed by atoms with van der Waals surface area (Å²) in [7, 11) is 1.56. The van der Waals surface area contributed by atoms with Crippen LogP contribution in [0.3, 0.4) is 0 Å². The molecule has 27 heavy (non-hydrogen) atoms. The van der Waals surface area contributed by atoms with E-state index in [1.807, 2.05) is 37.3 Å². The highest BCUT2D eigenvalue weighted by atomic mass is 16.5. The monoisotopic (exact) mass is 368 g/mol. The van der Waals surface area contributed by atoms with E-state index >= 15 is 0 Å². The van der Waals surface area contributed by atoms with Crippen molar-refractivity contribution in [3.63, 3.8) is 0 Å². The Hall–Kier alpha value is -3.09. The van der Waals surface area contributed by atoms with Crippen LogP contribution >= 0.6 is 0 Å². The third-order valence-corrected chi connectivity index (χ3v) is 4.33. The van der Waals surface area contributed by atoms with Gasteiger partial charge in [-0.3, -0.25) is 0 Å². The second-order valence-corrected chi connectivity index (χ2v) is 6.24. The van der Waals surface area contributed by atoms with Gasteiger partial charge in [0.05, 0.1) is 17.9 Å². The zero-order valence-corrected chi connectivity index (χ0v) is 16.1. The van der Waals surface area contributed by atoms with Gasteiger partial charge in [-0.25, -0.2) is 4.79 Å². The van der Waals surface area contributed by atoms with Crippen LogP contribution in [0.1, 0.15) is 30.5 Å². The van der Waals surface area contributed by atoms with Gasteiger partial charge in [-0.1, -0.05) is 30.7 Å². The van der Waals surface area contributed by atoms with Crippen LogP contribution in [0.2, 0.25) is 0 Å². The van der Waals surface area contributed by atoms with E-state index in [-0.39, 0.29) is 12.3 Å². The Labute approximate surface area is 158 Å². The number of tetrazole rings is 1. The predicted octanol–water partition coefficient (Wildman–Crippen LogP) is 2.81. The molecule has 3 rings (SSSR count). The van der Waals surface area contributed by atoms with Crippen molar-refractivity contribution in [1.29, 1.82) is 0 Å². The lowest BCUT2D eigenvalue weighted by Gasteiger charge is -2.16. The molecule has 0 saturated heterocycles. The predicted molar refractivity (Wildman–Crippen MR) is 103 cm³/mol. The van der Waals surface area contributed by atoms with Crippen LogP contribution in [0.15, 0.2) is 41.2 Å². The molecule has 0 radical (unpaired) electrons. The summed E-state index contributed by atoms with van der Waals surface area (Å²) in [4.78, 5) is 12.3. The topological polar surface area (TPSA) is 71.2 Å². The molecular formula is C20H24N4O3. The Kier molecular flexibility index (Phi) is 5.59. The minimum absolute atomic E-state index is 0.255. The molecule has 0 spiro atoms. The Bertz CT molecular complexity index is 991. The molecule has 0 bridgehead atoms. The highest BCUT2D eigenvalue weighted by Crippen LogP contribution is 2.28. The average molecular weight is 368 g/mol. The molecule has 0 unspecified atom stereocenters. The normalized spacial score (nSPS) is 10.8. The molecule has 142 valence electrons. The van der Waals surface area contributed by atoms with Gasteiger partial charge in [0, 0.05) is 7.05 Å². The summed E-state index contributed by atoms with van der Waals surface area (Å²) in [5.41, 5.74) is 3.37. The number of rotatable bonds is 7. The Morgan fingerprint density at radius 2 is 1.85 bits per heavy atom. The molecular weight excluding hydrogens is 344 g/mol.